The summed E-state index contributed by atoms with van der Waals surface area (Å²) in [6.45, 7) is 4.00. The molecule has 0 heterocycles. The molecule has 1 aromatic rings. The fourth-order valence-electron chi connectivity index (χ4n) is 1.71. The zero-order chi connectivity index (χ0) is 13.0. The molecule has 1 rings (SSSR count). The number of hydrogen-bond donors (Lipinski definition) is 2. The van der Waals surface area contributed by atoms with Gasteiger partial charge in [0.1, 0.15) is 5.82 Å². The van der Waals surface area contributed by atoms with Gasteiger partial charge in [-0.2, -0.15) is 0 Å². The van der Waals surface area contributed by atoms with Crippen LogP contribution >= 0.6 is 0 Å². The molecule has 1 aromatic carbocycles. The molecular formula is C13H20FNO2. The SMILES string of the molecule is CC(O)CCN(C)c1ccc(F)cc1C(C)O. The summed E-state index contributed by atoms with van der Waals surface area (Å²) < 4.78 is 13.1. The predicted octanol–water partition coefficient (Wildman–Crippen LogP) is 2.09. The first-order valence-corrected chi connectivity index (χ1v) is 5.78. The van der Waals surface area contributed by atoms with E-state index in [1.54, 1.807) is 19.9 Å². The zero-order valence-electron chi connectivity index (χ0n) is 10.5. The van der Waals surface area contributed by atoms with E-state index in [2.05, 4.69) is 0 Å². The van der Waals surface area contributed by atoms with E-state index < -0.39 is 6.10 Å². The van der Waals surface area contributed by atoms with Gasteiger partial charge in [-0.25, -0.2) is 4.39 Å². The Morgan fingerprint density at radius 3 is 2.47 bits per heavy atom. The Hall–Kier alpha value is -1.13. The van der Waals surface area contributed by atoms with Gasteiger partial charge >= 0.3 is 0 Å². The van der Waals surface area contributed by atoms with Crippen LogP contribution in [0, 0.1) is 5.82 Å². The third-order valence-electron chi connectivity index (χ3n) is 2.73. The second-order valence-electron chi connectivity index (χ2n) is 4.44. The molecule has 4 heteroatoms. The largest absolute Gasteiger partial charge is 0.393 e. The van der Waals surface area contributed by atoms with Crippen molar-refractivity contribution in [1.29, 1.82) is 0 Å². The molecule has 2 atom stereocenters. The fraction of sp³-hybridized carbons (Fsp3) is 0.538. The fourth-order valence-corrected chi connectivity index (χ4v) is 1.71. The van der Waals surface area contributed by atoms with Crippen LogP contribution in [0.1, 0.15) is 31.9 Å². The van der Waals surface area contributed by atoms with Gasteiger partial charge in [0.05, 0.1) is 12.2 Å². The van der Waals surface area contributed by atoms with Gasteiger partial charge in [0, 0.05) is 24.8 Å². The number of rotatable bonds is 5. The molecule has 0 amide bonds. The highest BCUT2D eigenvalue weighted by atomic mass is 19.1. The predicted molar refractivity (Wildman–Crippen MR) is 66.6 cm³/mol. The standard InChI is InChI=1S/C13H20FNO2/c1-9(16)6-7-15(3)13-5-4-11(14)8-12(13)10(2)17/h4-5,8-10,16-17H,6-7H2,1-3H3. The van der Waals surface area contributed by atoms with E-state index in [0.29, 0.717) is 18.5 Å². The molecule has 0 aliphatic heterocycles. The molecule has 0 aliphatic carbocycles. The number of hydrogen-bond acceptors (Lipinski definition) is 3. The van der Waals surface area contributed by atoms with Crippen molar-refractivity contribution in [3.63, 3.8) is 0 Å². The first kappa shape index (κ1) is 13.9. The molecule has 0 radical (unpaired) electrons. The Balaban J connectivity index is 2.88. The van der Waals surface area contributed by atoms with Gasteiger partial charge in [0.2, 0.25) is 0 Å². The van der Waals surface area contributed by atoms with Crippen molar-refractivity contribution in [1.82, 2.24) is 0 Å². The molecule has 2 N–H and O–H groups in total. The summed E-state index contributed by atoms with van der Waals surface area (Å²) in [5.41, 5.74) is 1.36. The molecule has 96 valence electrons. The summed E-state index contributed by atoms with van der Waals surface area (Å²) in [6, 6.07) is 4.37. The number of benzene rings is 1. The smallest absolute Gasteiger partial charge is 0.123 e. The maximum absolute atomic E-state index is 13.1. The lowest BCUT2D eigenvalue weighted by Gasteiger charge is -2.24. The molecule has 3 nitrogen and oxygen atoms in total. The first-order chi connectivity index (χ1) is 7.91. The second-order valence-corrected chi connectivity index (χ2v) is 4.44. The summed E-state index contributed by atoms with van der Waals surface area (Å²) >= 11 is 0. The first-order valence-electron chi connectivity index (χ1n) is 5.78. The maximum atomic E-state index is 13.1. The van der Waals surface area contributed by atoms with E-state index in [9.17, 15) is 14.6 Å². The van der Waals surface area contributed by atoms with Gasteiger partial charge < -0.3 is 15.1 Å². The van der Waals surface area contributed by atoms with Crippen molar-refractivity contribution >= 4 is 5.69 Å². The van der Waals surface area contributed by atoms with Gasteiger partial charge in [-0.1, -0.05) is 0 Å². The van der Waals surface area contributed by atoms with E-state index in [4.69, 9.17) is 0 Å². The minimum absolute atomic E-state index is 0.353. The molecule has 0 spiro atoms. The minimum Gasteiger partial charge on any atom is -0.393 e. The monoisotopic (exact) mass is 241 g/mol. The van der Waals surface area contributed by atoms with Crippen molar-refractivity contribution in [2.75, 3.05) is 18.5 Å². The van der Waals surface area contributed by atoms with Gasteiger partial charge in [-0.3, -0.25) is 0 Å². The van der Waals surface area contributed by atoms with Crippen LogP contribution in [-0.2, 0) is 0 Å². The lowest BCUT2D eigenvalue weighted by atomic mass is 10.1. The van der Waals surface area contributed by atoms with E-state index in [1.807, 2.05) is 11.9 Å². The topological polar surface area (TPSA) is 43.7 Å². The van der Waals surface area contributed by atoms with Crippen LogP contribution in [0.4, 0.5) is 10.1 Å². The quantitative estimate of drug-likeness (QED) is 0.829. The average Bonchev–Trinajstić information content (AvgIpc) is 2.25. The lowest BCUT2D eigenvalue weighted by molar-refractivity contribution is 0.186. The number of aliphatic hydroxyl groups excluding tert-OH is 2. The highest BCUT2D eigenvalue weighted by Gasteiger charge is 2.13. The molecule has 2 unspecified atom stereocenters. The lowest BCUT2D eigenvalue weighted by Crippen LogP contribution is -2.23. The Kier molecular flexibility index (Phi) is 4.90. The van der Waals surface area contributed by atoms with Gasteiger partial charge in [-0.15, -0.1) is 0 Å². The van der Waals surface area contributed by atoms with Crippen LogP contribution in [-0.4, -0.2) is 29.9 Å². The van der Waals surface area contributed by atoms with Crippen molar-refractivity contribution < 1.29 is 14.6 Å². The summed E-state index contributed by atoms with van der Waals surface area (Å²) in [6.07, 6.45) is -0.449. The molecule has 0 aromatic heterocycles. The van der Waals surface area contributed by atoms with E-state index in [0.717, 1.165) is 5.69 Å². The van der Waals surface area contributed by atoms with Crippen LogP contribution < -0.4 is 4.90 Å². The van der Waals surface area contributed by atoms with E-state index in [1.165, 1.54) is 12.1 Å². The Morgan fingerprint density at radius 1 is 1.29 bits per heavy atom. The molecular weight excluding hydrogens is 221 g/mol. The Morgan fingerprint density at radius 2 is 1.94 bits per heavy atom. The zero-order valence-corrected chi connectivity index (χ0v) is 10.5. The molecule has 0 bridgehead atoms. The third kappa shape index (κ3) is 3.98. The summed E-state index contributed by atoms with van der Waals surface area (Å²) in [5, 5.41) is 18.8. The highest BCUT2D eigenvalue weighted by molar-refractivity contribution is 5.54. The van der Waals surface area contributed by atoms with Crippen LogP contribution in [0.15, 0.2) is 18.2 Å². The highest BCUT2D eigenvalue weighted by Crippen LogP contribution is 2.26. The number of anilines is 1. The normalized spacial score (nSPS) is 14.5. The number of aliphatic hydroxyl groups is 2. The van der Waals surface area contributed by atoms with Crippen LogP contribution in [0.3, 0.4) is 0 Å². The summed E-state index contributed by atoms with van der Waals surface area (Å²) in [7, 11) is 1.86. The van der Waals surface area contributed by atoms with E-state index >= 15 is 0 Å². The van der Waals surface area contributed by atoms with Crippen LogP contribution in [0.5, 0.6) is 0 Å². The van der Waals surface area contributed by atoms with Gasteiger partial charge in [0.25, 0.3) is 0 Å². The third-order valence-corrected chi connectivity index (χ3v) is 2.73. The molecule has 0 saturated heterocycles. The van der Waals surface area contributed by atoms with Gasteiger partial charge in [-0.05, 0) is 38.5 Å². The summed E-state index contributed by atoms with van der Waals surface area (Å²) in [5.74, 6) is -0.353. The van der Waals surface area contributed by atoms with Crippen LogP contribution in [0.2, 0.25) is 0 Å². The average molecular weight is 241 g/mol. The molecule has 0 aliphatic rings. The summed E-state index contributed by atoms with van der Waals surface area (Å²) in [4.78, 5) is 1.91. The molecule has 17 heavy (non-hydrogen) atoms. The second kappa shape index (κ2) is 5.98. The van der Waals surface area contributed by atoms with Crippen molar-refractivity contribution in [2.24, 2.45) is 0 Å². The van der Waals surface area contributed by atoms with Gasteiger partial charge in [0.15, 0.2) is 0 Å². The van der Waals surface area contributed by atoms with Crippen molar-refractivity contribution in [2.45, 2.75) is 32.5 Å². The number of nitrogens with zero attached hydrogens (tertiary/aromatic N) is 1. The van der Waals surface area contributed by atoms with E-state index in [-0.39, 0.29) is 11.9 Å². The van der Waals surface area contributed by atoms with Crippen molar-refractivity contribution in [3.05, 3.63) is 29.6 Å². The Bertz CT molecular complexity index is 366. The minimum atomic E-state index is -0.713. The molecule has 0 saturated carbocycles. The van der Waals surface area contributed by atoms with Crippen molar-refractivity contribution in [3.8, 4) is 0 Å². The maximum Gasteiger partial charge on any atom is 0.123 e. The molecule has 0 fully saturated rings. The van der Waals surface area contributed by atoms with Crippen LogP contribution in [0.25, 0.3) is 0 Å². The Labute approximate surface area is 101 Å². The number of halogens is 1.